The Bertz CT molecular complexity index is 1850. The molecule has 0 spiro atoms. The molecule has 0 saturated carbocycles. The molecule has 2 amide bonds. The zero-order chi connectivity index (χ0) is 35.3. The fraction of sp³-hybridized carbons (Fsp3) is 0.278. The maximum absolute atomic E-state index is 14.6. The predicted molar refractivity (Wildman–Crippen MR) is 181 cm³/mol. The molecule has 7 nitrogen and oxygen atoms in total. The molecule has 0 aromatic heterocycles. The largest absolute Gasteiger partial charge is 0.416 e. The number of hydrogen-bond acceptors (Lipinski definition) is 4. The lowest BCUT2D eigenvalue weighted by molar-refractivity contribution is -0.140. The standard InChI is InChI=1S/C36H37ClF3N3O4S/c1-25-12-11-15-27(20-25)23-42(32(34(45)41-35(2,3)4)21-26-13-7-5-8-14-26)33(44)24-43(48(46,47)29-16-9-6-10-17-29)31-22-28(36(38,39)40)18-19-30(31)37/h5-20,22,32H,21,23-24H2,1-4H3,(H,41,45). The summed E-state index contributed by atoms with van der Waals surface area (Å²) in [6, 6.07) is 24.5. The van der Waals surface area contributed by atoms with Crippen LogP contribution in [0.5, 0.6) is 0 Å². The number of sulfonamides is 1. The molecule has 0 radical (unpaired) electrons. The van der Waals surface area contributed by atoms with E-state index in [9.17, 15) is 31.2 Å². The number of hydrogen-bond donors (Lipinski definition) is 1. The van der Waals surface area contributed by atoms with Crippen LogP contribution in [0.15, 0.2) is 108 Å². The maximum Gasteiger partial charge on any atom is 0.416 e. The Labute approximate surface area is 284 Å². The van der Waals surface area contributed by atoms with Gasteiger partial charge in [0.15, 0.2) is 0 Å². The smallest absolute Gasteiger partial charge is 0.350 e. The first-order chi connectivity index (χ1) is 22.5. The molecule has 0 saturated heterocycles. The number of benzene rings is 4. The summed E-state index contributed by atoms with van der Waals surface area (Å²) < 4.78 is 70.4. The van der Waals surface area contributed by atoms with Crippen LogP contribution in [-0.4, -0.2) is 43.3 Å². The summed E-state index contributed by atoms with van der Waals surface area (Å²) in [5, 5.41) is 2.62. The number of alkyl halides is 3. The van der Waals surface area contributed by atoms with Crippen molar-refractivity contribution in [2.24, 2.45) is 0 Å². The normalized spacial score (nSPS) is 12.7. The zero-order valence-electron chi connectivity index (χ0n) is 27.0. The first-order valence-electron chi connectivity index (χ1n) is 15.1. The Morgan fingerprint density at radius 3 is 2.02 bits per heavy atom. The van der Waals surface area contributed by atoms with Crippen molar-refractivity contribution >= 4 is 39.1 Å². The summed E-state index contributed by atoms with van der Waals surface area (Å²) in [5.74, 6) is -1.31. The monoisotopic (exact) mass is 699 g/mol. The molecule has 254 valence electrons. The van der Waals surface area contributed by atoms with E-state index >= 15 is 0 Å². The number of amides is 2. The number of rotatable bonds is 11. The SMILES string of the molecule is Cc1cccc(CN(C(=O)CN(c2cc(C(F)(F)F)ccc2Cl)S(=O)(=O)c2ccccc2)C(Cc2ccccc2)C(=O)NC(C)(C)C)c1. The molecular formula is C36H37ClF3N3O4S. The Morgan fingerprint density at radius 1 is 0.833 bits per heavy atom. The second-order valence-electron chi connectivity index (χ2n) is 12.4. The quantitative estimate of drug-likeness (QED) is 0.177. The lowest BCUT2D eigenvalue weighted by atomic mass is 10.0. The van der Waals surface area contributed by atoms with Crippen molar-refractivity contribution in [1.82, 2.24) is 10.2 Å². The Morgan fingerprint density at radius 2 is 1.44 bits per heavy atom. The fourth-order valence-electron chi connectivity index (χ4n) is 5.13. The van der Waals surface area contributed by atoms with Crippen molar-refractivity contribution < 1.29 is 31.2 Å². The second-order valence-corrected chi connectivity index (χ2v) is 14.7. The summed E-state index contributed by atoms with van der Waals surface area (Å²) in [6.07, 6.45) is -4.75. The minimum Gasteiger partial charge on any atom is -0.350 e. The number of carbonyl (C=O) groups is 2. The third-order valence-corrected chi connectivity index (χ3v) is 9.45. The van der Waals surface area contributed by atoms with Crippen LogP contribution in [0.2, 0.25) is 5.02 Å². The van der Waals surface area contributed by atoms with Gasteiger partial charge in [0.1, 0.15) is 12.6 Å². The number of anilines is 1. The van der Waals surface area contributed by atoms with Crippen LogP contribution in [0.3, 0.4) is 0 Å². The Hall–Kier alpha value is -4.35. The molecule has 12 heteroatoms. The highest BCUT2D eigenvalue weighted by molar-refractivity contribution is 7.92. The number of halogens is 4. The zero-order valence-corrected chi connectivity index (χ0v) is 28.5. The molecule has 0 aliphatic heterocycles. The highest BCUT2D eigenvalue weighted by Gasteiger charge is 2.38. The van der Waals surface area contributed by atoms with Gasteiger partial charge in [-0.1, -0.05) is 90.0 Å². The number of aryl methyl sites for hydroxylation is 1. The Kier molecular flexibility index (Phi) is 11.3. The summed E-state index contributed by atoms with van der Waals surface area (Å²) >= 11 is 6.38. The Balaban J connectivity index is 1.88. The molecule has 4 aromatic carbocycles. The molecule has 4 aromatic rings. The third-order valence-electron chi connectivity index (χ3n) is 7.36. The van der Waals surface area contributed by atoms with Crippen molar-refractivity contribution in [1.29, 1.82) is 0 Å². The van der Waals surface area contributed by atoms with Crippen LogP contribution in [0.4, 0.5) is 18.9 Å². The van der Waals surface area contributed by atoms with Gasteiger partial charge in [0.05, 0.1) is 21.2 Å². The highest BCUT2D eigenvalue weighted by Crippen LogP contribution is 2.37. The minimum atomic E-state index is -4.82. The van der Waals surface area contributed by atoms with Crippen LogP contribution in [-0.2, 0) is 38.8 Å². The van der Waals surface area contributed by atoms with E-state index in [0.717, 1.165) is 23.3 Å². The van der Waals surface area contributed by atoms with Gasteiger partial charge >= 0.3 is 6.18 Å². The van der Waals surface area contributed by atoms with Gasteiger partial charge in [-0.15, -0.1) is 0 Å². The van der Waals surface area contributed by atoms with Crippen LogP contribution in [0.1, 0.15) is 43.0 Å². The van der Waals surface area contributed by atoms with Crippen molar-refractivity contribution in [2.45, 2.75) is 63.3 Å². The van der Waals surface area contributed by atoms with Crippen LogP contribution in [0, 0.1) is 6.92 Å². The van der Waals surface area contributed by atoms with Crippen LogP contribution < -0.4 is 9.62 Å². The van der Waals surface area contributed by atoms with E-state index in [2.05, 4.69) is 5.32 Å². The number of nitrogens with zero attached hydrogens (tertiary/aromatic N) is 2. The summed E-state index contributed by atoms with van der Waals surface area (Å²) in [6.45, 7) is 6.21. The van der Waals surface area contributed by atoms with E-state index in [1.54, 1.807) is 63.2 Å². The van der Waals surface area contributed by atoms with E-state index in [0.29, 0.717) is 15.9 Å². The first kappa shape index (κ1) is 36.5. The van der Waals surface area contributed by atoms with Gasteiger partial charge in [-0.05, 0) is 69.2 Å². The average molecular weight is 700 g/mol. The maximum atomic E-state index is 14.6. The van der Waals surface area contributed by atoms with Gasteiger partial charge in [0.25, 0.3) is 10.0 Å². The first-order valence-corrected chi connectivity index (χ1v) is 16.9. The van der Waals surface area contributed by atoms with Gasteiger partial charge < -0.3 is 10.2 Å². The van der Waals surface area contributed by atoms with Gasteiger partial charge in [-0.3, -0.25) is 13.9 Å². The summed E-state index contributed by atoms with van der Waals surface area (Å²) in [7, 11) is -4.65. The lowest BCUT2D eigenvalue weighted by Gasteiger charge is -2.35. The molecule has 48 heavy (non-hydrogen) atoms. The van der Waals surface area contributed by atoms with Crippen molar-refractivity contribution in [3.05, 3.63) is 130 Å². The molecule has 1 atom stereocenters. The third kappa shape index (κ3) is 9.38. The molecule has 0 fully saturated rings. The molecule has 1 unspecified atom stereocenters. The van der Waals surface area contributed by atoms with E-state index in [1.807, 2.05) is 25.1 Å². The number of carbonyl (C=O) groups excluding carboxylic acids is 2. The average Bonchev–Trinajstić information content (AvgIpc) is 3.01. The molecule has 0 aliphatic rings. The van der Waals surface area contributed by atoms with E-state index in [1.165, 1.54) is 29.2 Å². The summed E-state index contributed by atoms with van der Waals surface area (Å²) in [4.78, 5) is 29.5. The minimum absolute atomic E-state index is 0.0794. The van der Waals surface area contributed by atoms with Crippen molar-refractivity contribution in [3.63, 3.8) is 0 Å². The van der Waals surface area contributed by atoms with Crippen LogP contribution >= 0.6 is 11.6 Å². The van der Waals surface area contributed by atoms with Crippen molar-refractivity contribution in [2.75, 3.05) is 10.8 Å². The van der Waals surface area contributed by atoms with E-state index in [-0.39, 0.29) is 22.9 Å². The molecule has 0 bridgehead atoms. The predicted octanol–water partition coefficient (Wildman–Crippen LogP) is 7.42. The molecule has 0 heterocycles. The topological polar surface area (TPSA) is 86.8 Å². The molecule has 4 rings (SSSR count). The number of nitrogens with one attached hydrogen (secondary N) is 1. The lowest BCUT2D eigenvalue weighted by Crippen LogP contribution is -2.56. The molecular weight excluding hydrogens is 663 g/mol. The molecule has 0 aliphatic carbocycles. The van der Waals surface area contributed by atoms with Crippen LogP contribution in [0.25, 0.3) is 0 Å². The summed E-state index contributed by atoms with van der Waals surface area (Å²) in [5.41, 5.74) is -0.0626. The van der Waals surface area contributed by atoms with Gasteiger partial charge in [-0.2, -0.15) is 13.2 Å². The molecule has 1 N–H and O–H groups in total. The van der Waals surface area contributed by atoms with Gasteiger partial charge in [0.2, 0.25) is 11.8 Å². The van der Waals surface area contributed by atoms with E-state index < -0.39 is 57.4 Å². The van der Waals surface area contributed by atoms with Gasteiger partial charge in [-0.25, -0.2) is 8.42 Å². The highest BCUT2D eigenvalue weighted by atomic mass is 35.5. The second kappa shape index (κ2) is 14.8. The fourth-order valence-corrected chi connectivity index (χ4v) is 6.84. The van der Waals surface area contributed by atoms with E-state index in [4.69, 9.17) is 11.6 Å². The van der Waals surface area contributed by atoms with Crippen molar-refractivity contribution in [3.8, 4) is 0 Å². The van der Waals surface area contributed by atoms with Gasteiger partial charge in [0, 0.05) is 18.5 Å².